The Hall–Kier alpha value is -3.18. The van der Waals surface area contributed by atoms with E-state index in [1.54, 1.807) is 30.3 Å². The fourth-order valence-electron chi connectivity index (χ4n) is 4.33. The summed E-state index contributed by atoms with van der Waals surface area (Å²) in [4.78, 5) is 28.2. The molecule has 5 rings (SSSR count). The zero-order valence-electron chi connectivity index (χ0n) is 21.9. The molecule has 11 heteroatoms. The number of rotatable bonds is 10. The molecule has 1 fully saturated rings. The first-order valence-electron chi connectivity index (χ1n) is 12.9. The third-order valence-electron chi connectivity index (χ3n) is 6.41. The highest BCUT2D eigenvalue weighted by atomic mass is 79.9. The number of amides is 1. The lowest BCUT2D eigenvalue weighted by Gasteiger charge is -2.22. The van der Waals surface area contributed by atoms with Crippen LogP contribution < -0.4 is 9.64 Å². The molecule has 1 aliphatic rings. The van der Waals surface area contributed by atoms with E-state index in [1.807, 2.05) is 42.5 Å². The molecule has 1 amide bonds. The quantitative estimate of drug-likeness (QED) is 0.0456. The van der Waals surface area contributed by atoms with Crippen LogP contribution in [-0.4, -0.2) is 33.6 Å². The molecule has 0 bridgehead atoms. The Balaban J connectivity index is 1.49. The first-order chi connectivity index (χ1) is 19.9. The number of halogens is 2. The van der Waals surface area contributed by atoms with Crippen molar-refractivity contribution < 1.29 is 19.4 Å². The van der Waals surface area contributed by atoms with Gasteiger partial charge in [0, 0.05) is 20.8 Å². The van der Waals surface area contributed by atoms with Gasteiger partial charge in [-0.2, -0.15) is 0 Å². The molecule has 1 saturated heterocycles. The Morgan fingerprint density at radius 1 is 1.10 bits per heavy atom. The van der Waals surface area contributed by atoms with E-state index < -0.39 is 17.7 Å². The van der Waals surface area contributed by atoms with E-state index >= 15 is 0 Å². The average molecular weight is 671 g/mol. The highest BCUT2D eigenvalue weighted by Gasteiger charge is 2.48. The molecule has 0 spiro atoms. The maximum Gasteiger partial charge on any atom is 0.301 e. The van der Waals surface area contributed by atoms with Crippen LogP contribution in [0.5, 0.6) is 5.75 Å². The van der Waals surface area contributed by atoms with Gasteiger partial charge in [-0.05, 0) is 60.0 Å². The van der Waals surface area contributed by atoms with Crippen molar-refractivity contribution >= 4 is 73.2 Å². The molecule has 7 nitrogen and oxygen atoms in total. The second-order valence-electron chi connectivity index (χ2n) is 9.18. The molecule has 1 unspecified atom stereocenters. The molecular weight excluding hydrogens is 646 g/mol. The van der Waals surface area contributed by atoms with Gasteiger partial charge in [-0.3, -0.25) is 14.5 Å². The lowest BCUT2D eigenvalue weighted by Crippen LogP contribution is -2.29. The zero-order valence-corrected chi connectivity index (χ0v) is 25.9. The number of carbonyl (C=O) groups excluding carboxylic acids is 2. The highest BCUT2D eigenvalue weighted by Crippen LogP contribution is 2.44. The molecule has 210 valence electrons. The van der Waals surface area contributed by atoms with Crippen molar-refractivity contribution in [1.82, 2.24) is 10.2 Å². The summed E-state index contributed by atoms with van der Waals surface area (Å²) in [6.07, 6.45) is 1.95. The van der Waals surface area contributed by atoms with Gasteiger partial charge in [0.2, 0.25) is 5.13 Å². The number of ether oxygens (including phenoxy) is 1. The molecule has 0 radical (unpaired) electrons. The molecule has 4 aromatic rings. The van der Waals surface area contributed by atoms with Crippen LogP contribution in [0, 0.1) is 0 Å². The fourth-order valence-corrected chi connectivity index (χ4v) is 6.90. The number of thioether (sulfide) groups is 1. The maximum atomic E-state index is 13.5. The van der Waals surface area contributed by atoms with Gasteiger partial charge in [-0.25, -0.2) is 0 Å². The van der Waals surface area contributed by atoms with E-state index in [-0.39, 0.29) is 16.5 Å². The summed E-state index contributed by atoms with van der Waals surface area (Å²) in [5.41, 5.74) is 1.97. The van der Waals surface area contributed by atoms with Gasteiger partial charge in [-0.1, -0.05) is 94.3 Å². The topological polar surface area (TPSA) is 92.6 Å². The summed E-state index contributed by atoms with van der Waals surface area (Å²) in [5, 5.41) is 20.8. The molecule has 2 heterocycles. The smallest absolute Gasteiger partial charge is 0.301 e. The standard InChI is InChI=1S/C30H25BrClN3O4S2/c1-2-3-15-39-22-13-11-18(12-14-22)26(36)24-25(19-8-6-9-21(31)16-19)35(28(38)27(24)37)29-33-34-30(41-29)40-17-20-7-4-5-10-23(20)32/h4-14,16,25,36H,2-3,15,17H2,1H3/b26-24-. The first-order valence-corrected chi connectivity index (χ1v) is 15.8. The van der Waals surface area contributed by atoms with Gasteiger partial charge in [0.1, 0.15) is 11.5 Å². The van der Waals surface area contributed by atoms with E-state index in [4.69, 9.17) is 16.3 Å². The number of hydrogen-bond donors (Lipinski definition) is 1. The molecule has 41 heavy (non-hydrogen) atoms. The Morgan fingerprint density at radius 2 is 1.88 bits per heavy atom. The number of carbonyl (C=O) groups is 2. The minimum Gasteiger partial charge on any atom is -0.507 e. The number of anilines is 1. The van der Waals surface area contributed by atoms with Crippen LogP contribution in [0.2, 0.25) is 5.02 Å². The van der Waals surface area contributed by atoms with Gasteiger partial charge < -0.3 is 9.84 Å². The van der Waals surface area contributed by atoms with Crippen molar-refractivity contribution in [3.05, 3.63) is 105 Å². The van der Waals surface area contributed by atoms with Crippen molar-refractivity contribution in [2.24, 2.45) is 0 Å². The number of Topliss-reactive ketones (excluding diaryl/α,β-unsaturated/α-hetero) is 1. The van der Waals surface area contributed by atoms with Gasteiger partial charge in [0.25, 0.3) is 5.78 Å². The number of unbranched alkanes of at least 4 members (excludes halogenated alkanes) is 1. The Morgan fingerprint density at radius 3 is 2.61 bits per heavy atom. The second kappa shape index (κ2) is 13.2. The summed E-state index contributed by atoms with van der Waals surface area (Å²) in [6, 6.07) is 20.8. The summed E-state index contributed by atoms with van der Waals surface area (Å²) in [6.45, 7) is 2.68. The molecule has 0 aliphatic carbocycles. The minimum atomic E-state index is -0.901. The van der Waals surface area contributed by atoms with E-state index in [1.165, 1.54) is 28.0 Å². The predicted octanol–water partition coefficient (Wildman–Crippen LogP) is 8.05. The second-order valence-corrected chi connectivity index (χ2v) is 12.7. The molecule has 1 aromatic heterocycles. The van der Waals surface area contributed by atoms with Crippen molar-refractivity contribution in [3.63, 3.8) is 0 Å². The summed E-state index contributed by atoms with van der Waals surface area (Å²) in [7, 11) is 0. The van der Waals surface area contributed by atoms with Gasteiger partial charge >= 0.3 is 5.91 Å². The number of ketones is 1. The zero-order chi connectivity index (χ0) is 28.9. The number of nitrogens with zero attached hydrogens (tertiary/aromatic N) is 3. The number of aromatic nitrogens is 2. The van der Waals surface area contributed by atoms with Gasteiger partial charge in [-0.15, -0.1) is 10.2 Å². The van der Waals surface area contributed by atoms with Crippen LogP contribution in [0.3, 0.4) is 0 Å². The largest absolute Gasteiger partial charge is 0.507 e. The van der Waals surface area contributed by atoms with Crippen LogP contribution in [0.4, 0.5) is 5.13 Å². The van der Waals surface area contributed by atoms with Crippen LogP contribution in [0.25, 0.3) is 5.76 Å². The van der Waals surface area contributed by atoms with Crippen LogP contribution in [0.1, 0.15) is 42.5 Å². The third kappa shape index (κ3) is 6.51. The third-order valence-corrected chi connectivity index (χ3v) is 9.38. The Bertz CT molecular complexity index is 1610. The highest BCUT2D eigenvalue weighted by molar-refractivity contribution is 9.10. The summed E-state index contributed by atoms with van der Waals surface area (Å²) >= 11 is 12.4. The maximum absolute atomic E-state index is 13.5. The SMILES string of the molecule is CCCCOc1ccc(/C(O)=C2/C(=O)C(=O)N(c3nnc(SCc4ccccc4Cl)s3)C2c2cccc(Br)c2)cc1. The van der Waals surface area contributed by atoms with Crippen molar-refractivity contribution in [2.75, 3.05) is 11.5 Å². The number of benzene rings is 3. The molecular formula is C30H25BrClN3O4S2. The Labute approximate surface area is 259 Å². The number of aliphatic hydroxyl groups is 1. The van der Waals surface area contributed by atoms with E-state index in [9.17, 15) is 14.7 Å². The van der Waals surface area contributed by atoms with Crippen molar-refractivity contribution in [1.29, 1.82) is 0 Å². The van der Waals surface area contributed by atoms with Crippen molar-refractivity contribution in [3.8, 4) is 5.75 Å². The monoisotopic (exact) mass is 669 g/mol. The van der Waals surface area contributed by atoms with Crippen LogP contribution in [-0.2, 0) is 15.3 Å². The first kappa shape index (κ1) is 29.3. The normalized spacial score (nSPS) is 16.4. The van der Waals surface area contributed by atoms with Crippen LogP contribution in [0.15, 0.2) is 87.2 Å². The van der Waals surface area contributed by atoms with Crippen molar-refractivity contribution in [2.45, 2.75) is 35.9 Å². The lowest BCUT2D eigenvalue weighted by atomic mass is 9.95. The molecule has 1 aliphatic heterocycles. The van der Waals surface area contributed by atoms with E-state index in [2.05, 4.69) is 33.1 Å². The van der Waals surface area contributed by atoms with Crippen LogP contribution >= 0.6 is 50.6 Å². The summed E-state index contributed by atoms with van der Waals surface area (Å²) in [5.74, 6) is -0.616. The lowest BCUT2D eigenvalue weighted by molar-refractivity contribution is -0.132. The average Bonchev–Trinajstić information content (AvgIpc) is 3.54. The minimum absolute atomic E-state index is 0.0202. The molecule has 1 N–H and O–H groups in total. The predicted molar refractivity (Wildman–Crippen MR) is 167 cm³/mol. The number of hydrogen-bond acceptors (Lipinski definition) is 8. The van der Waals surface area contributed by atoms with Gasteiger partial charge in [0.15, 0.2) is 4.34 Å². The molecule has 1 atom stereocenters. The van der Waals surface area contributed by atoms with E-state index in [0.717, 1.165) is 22.9 Å². The molecule has 3 aromatic carbocycles. The number of aliphatic hydroxyl groups excluding tert-OH is 1. The fraction of sp³-hybridized carbons (Fsp3) is 0.200. The van der Waals surface area contributed by atoms with Gasteiger partial charge in [0.05, 0.1) is 18.2 Å². The summed E-state index contributed by atoms with van der Waals surface area (Å²) < 4.78 is 7.11. The Kier molecular flexibility index (Phi) is 9.44. The van der Waals surface area contributed by atoms with E-state index in [0.29, 0.717) is 38.6 Å². The molecule has 0 saturated carbocycles.